The van der Waals surface area contributed by atoms with Crippen LogP contribution in [-0.2, 0) is 0 Å². The lowest BCUT2D eigenvalue weighted by molar-refractivity contribution is 0.204. The normalized spacial score (nSPS) is 28.5. The highest BCUT2D eigenvalue weighted by Gasteiger charge is 2.31. The first-order chi connectivity index (χ1) is 8.55. The molecule has 0 aromatic heterocycles. The summed E-state index contributed by atoms with van der Waals surface area (Å²) in [7, 11) is 0. The second-order valence-corrected chi connectivity index (χ2v) is 7.10. The highest BCUT2D eigenvalue weighted by Crippen LogP contribution is 2.33. The lowest BCUT2D eigenvalue weighted by Crippen LogP contribution is -2.36. The number of likely N-dealkylation sites (tertiary alicyclic amines) is 1. The molecule has 0 amide bonds. The van der Waals surface area contributed by atoms with Gasteiger partial charge in [0.2, 0.25) is 0 Å². The zero-order valence-corrected chi connectivity index (χ0v) is 12.5. The Morgan fingerprint density at radius 1 is 1.00 bits per heavy atom. The third kappa shape index (κ3) is 4.22. The maximum absolute atomic E-state index is 3.48. The van der Waals surface area contributed by atoms with Crippen molar-refractivity contribution in [1.82, 2.24) is 15.1 Å². The van der Waals surface area contributed by atoms with Crippen LogP contribution in [0.1, 0.15) is 33.6 Å². The topological polar surface area (TPSA) is 18.5 Å². The molecular weight excluding hydrogens is 222 g/mol. The monoisotopic (exact) mass is 253 g/mol. The summed E-state index contributed by atoms with van der Waals surface area (Å²) in [6.45, 7) is 17.2. The van der Waals surface area contributed by atoms with Crippen molar-refractivity contribution in [2.45, 2.75) is 33.6 Å². The molecule has 2 rings (SSSR count). The van der Waals surface area contributed by atoms with Gasteiger partial charge < -0.3 is 15.1 Å². The summed E-state index contributed by atoms with van der Waals surface area (Å²) in [4.78, 5) is 5.30. The standard InChI is InChI=1S/C15H31N3/c1-15(2,3)14-5-9-18(13-14)12-11-17-8-4-6-16-7-10-17/h14,16H,4-13H2,1-3H3. The first kappa shape index (κ1) is 14.3. The molecule has 2 saturated heterocycles. The molecule has 0 aromatic rings. The summed E-state index contributed by atoms with van der Waals surface area (Å²) in [6, 6.07) is 0. The SMILES string of the molecule is CC(C)(C)C1CCN(CCN2CCCNCC2)C1. The van der Waals surface area contributed by atoms with E-state index in [0.717, 1.165) is 5.92 Å². The predicted molar refractivity (Wildman–Crippen MR) is 77.9 cm³/mol. The van der Waals surface area contributed by atoms with Crippen LogP contribution in [0.3, 0.4) is 0 Å². The van der Waals surface area contributed by atoms with Crippen LogP contribution in [0, 0.1) is 11.3 Å². The molecule has 0 aromatic carbocycles. The minimum atomic E-state index is 0.487. The Balaban J connectivity index is 1.68. The summed E-state index contributed by atoms with van der Waals surface area (Å²) in [5.41, 5.74) is 0.487. The number of rotatable bonds is 3. The maximum atomic E-state index is 3.48. The van der Waals surface area contributed by atoms with E-state index in [1.54, 1.807) is 0 Å². The second-order valence-electron chi connectivity index (χ2n) is 7.10. The van der Waals surface area contributed by atoms with Crippen molar-refractivity contribution in [2.75, 3.05) is 52.4 Å². The van der Waals surface area contributed by atoms with Gasteiger partial charge in [-0.25, -0.2) is 0 Å². The van der Waals surface area contributed by atoms with E-state index in [1.165, 1.54) is 65.2 Å². The highest BCUT2D eigenvalue weighted by atomic mass is 15.2. The highest BCUT2D eigenvalue weighted by molar-refractivity contribution is 4.84. The Hall–Kier alpha value is -0.120. The van der Waals surface area contributed by atoms with Crippen molar-refractivity contribution < 1.29 is 0 Å². The van der Waals surface area contributed by atoms with Gasteiger partial charge in [0.25, 0.3) is 0 Å². The van der Waals surface area contributed by atoms with Crippen molar-refractivity contribution >= 4 is 0 Å². The van der Waals surface area contributed by atoms with E-state index in [9.17, 15) is 0 Å². The summed E-state index contributed by atoms with van der Waals surface area (Å²) < 4.78 is 0. The minimum absolute atomic E-state index is 0.487. The number of nitrogens with zero attached hydrogens (tertiary/aromatic N) is 2. The van der Waals surface area contributed by atoms with Crippen LogP contribution >= 0.6 is 0 Å². The Kier molecular flexibility index (Phi) is 5.05. The first-order valence-corrected chi connectivity index (χ1v) is 7.71. The Morgan fingerprint density at radius 2 is 1.78 bits per heavy atom. The third-order valence-corrected chi connectivity index (χ3v) is 4.66. The Morgan fingerprint density at radius 3 is 2.50 bits per heavy atom. The molecule has 3 nitrogen and oxygen atoms in total. The van der Waals surface area contributed by atoms with Crippen LogP contribution in [0.4, 0.5) is 0 Å². The quantitative estimate of drug-likeness (QED) is 0.825. The summed E-state index contributed by atoms with van der Waals surface area (Å²) in [5, 5.41) is 3.48. The van der Waals surface area contributed by atoms with E-state index in [4.69, 9.17) is 0 Å². The van der Waals surface area contributed by atoms with E-state index in [2.05, 4.69) is 35.9 Å². The Labute approximate surface area is 113 Å². The van der Waals surface area contributed by atoms with Crippen LogP contribution in [0.5, 0.6) is 0 Å². The molecule has 106 valence electrons. The van der Waals surface area contributed by atoms with Crippen molar-refractivity contribution in [3.05, 3.63) is 0 Å². The van der Waals surface area contributed by atoms with Gasteiger partial charge in [0, 0.05) is 32.7 Å². The third-order valence-electron chi connectivity index (χ3n) is 4.66. The van der Waals surface area contributed by atoms with Crippen LogP contribution in [0.2, 0.25) is 0 Å². The molecule has 0 bridgehead atoms. The van der Waals surface area contributed by atoms with Crippen LogP contribution < -0.4 is 5.32 Å². The van der Waals surface area contributed by atoms with E-state index < -0.39 is 0 Å². The molecule has 0 aliphatic carbocycles. The molecular formula is C15H31N3. The van der Waals surface area contributed by atoms with Gasteiger partial charge in [-0.3, -0.25) is 0 Å². The second kappa shape index (κ2) is 6.36. The molecule has 2 heterocycles. The zero-order valence-electron chi connectivity index (χ0n) is 12.5. The summed E-state index contributed by atoms with van der Waals surface area (Å²) >= 11 is 0. The fourth-order valence-electron chi connectivity index (χ4n) is 3.15. The van der Waals surface area contributed by atoms with Crippen molar-refractivity contribution in [2.24, 2.45) is 11.3 Å². The molecule has 0 radical (unpaired) electrons. The fraction of sp³-hybridized carbons (Fsp3) is 1.00. The van der Waals surface area contributed by atoms with Gasteiger partial charge in [0.05, 0.1) is 0 Å². The van der Waals surface area contributed by atoms with Crippen molar-refractivity contribution in [3.63, 3.8) is 0 Å². The largest absolute Gasteiger partial charge is 0.315 e. The number of nitrogens with one attached hydrogen (secondary N) is 1. The van der Waals surface area contributed by atoms with Crippen LogP contribution in [-0.4, -0.2) is 62.2 Å². The predicted octanol–water partition coefficient (Wildman–Crippen LogP) is 1.65. The smallest absolute Gasteiger partial charge is 0.0110 e. The molecule has 2 aliphatic heterocycles. The number of hydrogen-bond acceptors (Lipinski definition) is 3. The fourth-order valence-corrected chi connectivity index (χ4v) is 3.15. The molecule has 1 atom stereocenters. The van der Waals surface area contributed by atoms with E-state index in [1.807, 2.05) is 0 Å². The number of hydrogen-bond donors (Lipinski definition) is 1. The van der Waals surface area contributed by atoms with Gasteiger partial charge in [-0.2, -0.15) is 0 Å². The van der Waals surface area contributed by atoms with Crippen molar-refractivity contribution in [1.29, 1.82) is 0 Å². The molecule has 2 fully saturated rings. The maximum Gasteiger partial charge on any atom is 0.0110 e. The average Bonchev–Trinajstić information content (AvgIpc) is 2.64. The van der Waals surface area contributed by atoms with Gasteiger partial charge in [-0.05, 0) is 43.8 Å². The lowest BCUT2D eigenvalue weighted by Gasteiger charge is -2.28. The molecule has 18 heavy (non-hydrogen) atoms. The van der Waals surface area contributed by atoms with Gasteiger partial charge in [0.1, 0.15) is 0 Å². The molecule has 1 N–H and O–H groups in total. The van der Waals surface area contributed by atoms with E-state index in [-0.39, 0.29) is 0 Å². The molecule has 1 unspecified atom stereocenters. The van der Waals surface area contributed by atoms with E-state index >= 15 is 0 Å². The molecule has 3 heteroatoms. The molecule has 0 saturated carbocycles. The van der Waals surface area contributed by atoms with Crippen molar-refractivity contribution in [3.8, 4) is 0 Å². The van der Waals surface area contributed by atoms with Crippen LogP contribution in [0.15, 0.2) is 0 Å². The summed E-state index contributed by atoms with van der Waals surface area (Å²) in [6.07, 6.45) is 2.70. The average molecular weight is 253 g/mol. The minimum Gasteiger partial charge on any atom is -0.315 e. The van der Waals surface area contributed by atoms with E-state index in [0.29, 0.717) is 5.41 Å². The van der Waals surface area contributed by atoms with Gasteiger partial charge in [0.15, 0.2) is 0 Å². The Bertz CT molecular complexity index is 239. The molecule has 2 aliphatic rings. The van der Waals surface area contributed by atoms with Gasteiger partial charge in [-0.1, -0.05) is 20.8 Å². The lowest BCUT2D eigenvalue weighted by atomic mass is 9.80. The first-order valence-electron chi connectivity index (χ1n) is 7.71. The molecule has 0 spiro atoms. The van der Waals surface area contributed by atoms with Gasteiger partial charge >= 0.3 is 0 Å². The van der Waals surface area contributed by atoms with Crippen LogP contribution in [0.25, 0.3) is 0 Å². The van der Waals surface area contributed by atoms with Gasteiger partial charge in [-0.15, -0.1) is 0 Å². The zero-order chi connectivity index (χ0) is 13.0. The summed E-state index contributed by atoms with van der Waals surface area (Å²) in [5.74, 6) is 0.892.